The van der Waals surface area contributed by atoms with Crippen molar-refractivity contribution >= 4 is 17.3 Å². The molecule has 0 radical (unpaired) electrons. The first-order chi connectivity index (χ1) is 8.69. The van der Waals surface area contributed by atoms with Gasteiger partial charge in [0.2, 0.25) is 0 Å². The fraction of sp³-hybridized carbons (Fsp3) is 0.667. The van der Waals surface area contributed by atoms with Crippen molar-refractivity contribution in [3.05, 3.63) is 22.4 Å². The first kappa shape index (κ1) is 15.2. The first-order valence-corrected chi connectivity index (χ1v) is 7.82. The summed E-state index contributed by atoms with van der Waals surface area (Å²) < 4.78 is 5.44. The van der Waals surface area contributed by atoms with Crippen LogP contribution in [0, 0.1) is 5.92 Å². The molecule has 0 N–H and O–H groups in total. The van der Waals surface area contributed by atoms with Gasteiger partial charge in [0.1, 0.15) is 0 Å². The van der Waals surface area contributed by atoms with E-state index in [4.69, 9.17) is 4.74 Å². The van der Waals surface area contributed by atoms with Crippen LogP contribution in [0.3, 0.4) is 0 Å². The van der Waals surface area contributed by atoms with E-state index >= 15 is 0 Å². The minimum atomic E-state index is -0.139. The molecule has 0 aliphatic carbocycles. The van der Waals surface area contributed by atoms with Crippen LogP contribution in [-0.4, -0.2) is 12.6 Å². The second-order valence-electron chi connectivity index (χ2n) is 4.82. The van der Waals surface area contributed by atoms with E-state index in [0.717, 1.165) is 18.4 Å². The number of carbonyl (C=O) groups is 1. The molecule has 2 atom stereocenters. The zero-order chi connectivity index (χ0) is 13.4. The highest BCUT2D eigenvalue weighted by Gasteiger charge is 2.18. The molecule has 0 saturated heterocycles. The van der Waals surface area contributed by atoms with Gasteiger partial charge in [-0.2, -0.15) is 11.3 Å². The molecule has 1 rings (SSSR count). The summed E-state index contributed by atoms with van der Waals surface area (Å²) in [6.07, 6.45) is 4.67. The van der Waals surface area contributed by atoms with Gasteiger partial charge in [0.05, 0.1) is 12.5 Å². The predicted molar refractivity (Wildman–Crippen MR) is 77.0 cm³/mol. The number of thiophene rings is 1. The summed E-state index contributed by atoms with van der Waals surface area (Å²) in [6.45, 7) is 6.84. The van der Waals surface area contributed by atoms with Gasteiger partial charge < -0.3 is 4.74 Å². The molecule has 2 nitrogen and oxygen atoms in total. The van der Waals surface area contributed by atoms with Crippen LogP contribution in [0.2, 0.25) is 0 Å². The normalized spacial score (nSPS) is 14.2. The number of hydrogen-bond donors (Lipinski definition) is 0. The molecule has 0 aromatic carbocycles. The van der Waals surface area contributed by atoms with Crippen molar-refractivity contribution in [1.82, 2.24) is 0 Å². The van der Waals surface area contributed by atoms with Crippen LogP contribution in [0.4, 0.5) is 0 Å². The van der Waals surface area contributed by atoms with Gasteiger partial charge in [0.25, 0.3) is 0 Å². The van der Waals surface area contributed by atoms with Crippen LogP contribution in [0.15, 0.2) is 16.8 Å². The van der Waals surface area contributed by atoms with Crippen LogP contribution in [0.5, 0.6) is 0 Å². The molecule has 0 saturated carbocycles. The first-order valence-electron chi connectivity index (χ1n) is 6.87. The summed E-state index contributed by atoms with van der Waals surface area (Å²) in [7, 11) is 0. The standard InChI is InChI=1S/C15H24O2S/c1-4-6-7-13(5-2)10-17-15(16)12(3)14-8-9-18-11-14/h8-9,11-13H,4-7,10H2,1-3H3. The van der Waals surface area contributed by atoms with Crippen molar-refractivity contribution in [2.75, 3.05) is 6.61 Å². The van der Waals surface area contributed by atoms with Gasteiger partial charge in [0, 0.05) is 0 Å². The highest BCUT2D eigenvalue weighted by molar-refractivity contribution is 7.08. The molecule has 1 aromatic rings. The number of hydrogen-bond acceptors (Lipinski definition) is 3. The average molecular weight is 268 g/mol. The second kappa shape index (κ2) is 8.30. The summed E-state index contributed by atoms with van der Waals surface area (Å²) in [5, 5.41) is 4.01. The number of unbranched alkanes of at least 4 members (excludes halogenated alkanes) is 1. The maximum absolute atomic E-state index is 11.9. The number of ether oxygens (including phenoxy) is 1. The minimum Gasteiger partial charge on any atom is -0.465 e. The lowest BCUT2D eigenvalue weighted by Crippen LogP contribution is -2.18. The summed E-state index contributed by atoms with van der Waals surface area (Å²) in [6, 6.07) is 1.99. The van der Waals surface area contributed by atoms with Crippen molar-refractivity contribution < 1.29 is 9.53 Å². The highest BCUT2D eigenvalue weighted by atomic mass is 32.1. The van der Waals surface area contributed by atoms with Crippen molar-refractivity contribution in [2.45, 2.75) is 52.4 Å². The summed E-state index contributed by atoms with van der Waals surface area (Å²) >= 11 is 1.62. The molecule has 102 valence electrons. The zero-order valence-electron chi connectivity index (χ0n) is 11.6. The van der Waals surface area contributed by atoms with Gasteiger partial charge >= 0.3 is 5.97 Å². The molecule has 2 unspecified atom stereocenters. The quantitative estimate of drug-likeness (QED) is 0.643. The fourth-order valence-electron chi connectivity index (χ4n) is 1.88. The van der Waals surface area contributed by atoms with Gasteiger partial charge in [-0.25, -0.2) is 0 Å². The van der Waals surface area contributed by atoms with Crippen molar-refractivity contribution in [3.63, 3.8) is 0 Å². The number of rotatable bonds is 8. The Balaban J connectivity index is 2.35. The Hall–Kier alpha value is -0.830. The van der Waals surface area contributed by atoms with Gasteiger partial charge in [0.15, 0.2) is 0 Å². The molecular weight excluding hydrogens is 244 g/mol. The van der Waals surface area contributed by atoms with E-state index in [1.165, 1.54) is 12.8 Å². The van der Waals surface area contributed by atoms with E-state index in [1.54, 1.807) is 11.3 Å². The molecular formula is C15H24O2S. The molecule has 0 amide bonds. The Kier molecular flexibility index (Phi) is 7.02. The third-order valence-corrected chi connectivity index (χ3v) is 4.10. The lowest BCUT2D eigenvalue weighted by atomic mass is 10.0. The summed E-state index contributed by atoms with van der Waals surface area (Å²) in [5.74, 6) is 0.284. The van der Waals surface area contributed by atoms with Crippen LogP contribution < -0.4 is 0 Å². The van der Waals surface area contributed by atoms with Crippen molar-refractivity contribution in [1.29, 1.82) is 0 Å². The Labute approximate surface area is 114 Å². The molecule has 1 aromatic heterocycles. The Morgan fingerprint density at radius 1 is 1.44 bits per heavy atom. The Morgan fingerprint density at radius 2 is 2.22 bits per heavy atom. The third kappa shape index (κ3) is 4.81. The van der Waals surface area contributed by atoms with Crippen molar-refractivity contribution in [3.8, 4) is 0 Å². The minimum absolute atomic E-state index is 0.0941. The van der Waals surface area contributed by atoms with Crippen LogP contribution in [-0.2, 0) is 9.53 Å². The highest BCUT2D eigenvalue weighted by Crippen LogP contribution is 2.20. The van der Waals surface area contributed by atoms with Crippen molar-refractivity contribution in [2.24, 2.45) is 5.92 Å². The van der Waals surface area contributed by atoms with Crippen LogP contribution >= 0.6 is 11.3 Å². The van der Waals surface area contributed by atoms with Crippen LogP contribution in [0.1, 0.15) is 57.9 Å². The van der Waals surface area contributed by atoms with Gasteiger partial charge in [-0.1, -0.05) is 33.1 Å². The monoisotopic (exact) mass is 268 g/mol. The molecule has 0 spiro atoms. The largest absolute Gasteiger partial charge is 0.465 e. The van der Waals surface area contributed by atoms with E-state index < -0.39 is 0 Å². The molecule has 0 aliphatic heterocycles. The Bertz CT molecular complexity index is 332. The lowest BCUT2D eigenvalue weighted by Gasteiger charge is -2.16. The maximum Gasteiger partial charge on any atom is 0.313 e. The van der Waals surface area contributed by atoms with Crippen LogP contribution in [0.25, 0.3) is 0 Å². The zero-order valence-corrected chi connectivity index (χ0v) is 12.5. The number of carbonyl (C=O) groups excluding carboxylic acids is 1. The Morgan fingerprint density at radius 3 is 2.78 bits per heavy atom. The number of esters is 1. The average Bonchev–Trinajstić information content (AvgIpc) is 2.91. The summed E-state index contributed by atoms with van der Waals surface area (Å²) in [5.41, 5.74) is 1.06. The van der Waals surface area contributed by atoms with E-state index in [-0.39, 0.29) is 11.9 Å². The molecule has 0 bridgehead atoms. The lowest BCUT2D eigenvalue weighted by molar-refractivity contribution is -0.146. The summed E-state index contributed by atoms with van der Waals surface area (Å²) in [4.78, 5) is 11.9. The molecule has 0 fully saturated rings. The van der Waals surface area contributed by atoms with E-state index in [9.17, 15) is 4.79 Å². The van der Waals surface area contributed by atoms with E-state index in [1.807, 2.05) is 23.8 Å². The fourth-order valence-corrected chi connectivity index (χ4v) is 2.63. The molecule has 0 aliphatic rings. The van der Waals surface area contributed by atoms with E-state index in [2.05, 4.69) is 13.8 Å². The van der Waals surface area contributed by atoms with Gasteiger partial charge in [-0.15, -0.1) is 0 Å². The van der Waals surface area contributed by atoms with Gasteiger partial charge in [-0.3, -0.25) is 4.79 Å². The van der Waals surface area contributed by atoms with E-state index in [0.29, 0.717) is 12.5 Å². The molecule has 18 heavy (non-hydrogen) atoms. The topological polar surface area (TPSA) is 26.3 Å². The second-order valence-corrected chi connectivity index (χ2v) is 5.60. The predicted octanol–water partition coefficient (Wildman–Crippen LogP) is 4.61. The smallest absolute Gasteiger partial charge is 0.313 e. The molecule has 1 heterocycles. The molecule has 3 heteroatoms. The maximum atomic E-state index is 11.9. The van der Waals surface area contributed by atoms with Gasteiger partial charge in [-0.05, 0) is 41.7 Å². The third-order valence-electron chi connectivity index (χ3n) is 3.40. The SMILES string of the molecule is CCCCC(CC)COC(=O)C(C)c1ccsc1.